The maximum Gasteiger partial charge on any atom is 0.306 e. The Bertz CT molecular complexity index is 258. The highest BCUT2D eigenvalue weighted by molar-refractivity contribution is 5.69. The molecule has 1 aromatic rings. The van der Waals surface area contributed by atoms with Crippen LogP contribution in [0, 0.1) is 5.92 Å². The van der Waals surface area contributed by atoms with Crippen molar-refractivity contribution in [1.29, 1.82) is 0 Å². The molecule has 0 bridgehead atoms. The minimum Gasteiger partial charge on any atom is -0.481 e. The van der Waals surface area contributed by atoms with Crippen molar-refractivity contribution in [3.8, 4) is 0 Å². The lowest BCUT2D eigenvalue weighted by molar-refractivity contribution is -0.141. The summed E-state index contributed by atoms with van der Waals surface area (Å²) in [4.78, 5) is 14.5. The van der Waals surface area contributed by atoms with Crippen molar-refractivity contribution in [2.75, 3.05) is 0 Å². The zero-order valence-corrected chi connectivity index (χ0v) is 6.90. The Morgan fingerprint density at radius 2 is 2.42 bits per heavy atom. The Morgan fingerprint density at radius 3 is 2.92 bits per heavy atom. The van der Waals surface area contributed by atoms with Crippen LogP contribution in [-0.4, -0.2) is 16.1 Å². The molecule has 1 atom stereocenters. The Balaban J connectivity index is 2.58. The van der Waals surface area contributed by atoms with Gasteiger partial charge >= 0.3 is 5.97 Å². The second kappa shape index (κ2) is 3.85. The molecular formula is C9H11NO2. The van der Waals surface area contributed by atoms with Crippen LogP contribution in [-0.2, 0) is 11.2 Å². The molecule has 64 valence electrons. The molecule has 0 unspecified atom stereocenters. The van der Waals surface area contributed by atoms with E-state index in [2.05, 4.69) is 4.98 Å². The molecule has 1 rings (SSSR count). The van der Waals surface area contributed by atoms with Gasteiger partial charge in [-0.05, 0) is 12.1 Å². The first-order valence-corrected chi connectivity index (χ1v) is 3.83. The third-order valence-corrected chi connectivity index (χ3v) is 1.66. The van der Waals surface area contributed by atoms with Gasteiger partial charge in [0.15, 0.2) is 0 Å². The molecule has 1 heterocycles. The van der Waals surface area contributed by atoms with Crippen LogP contribution in [0.15, 0.2) is 24.4 Å². The van der Waals surface area contributed by atoms with Crippen molar-refractivity contribution in [3.63, 3.8) is 0 Å². The number of carboxylic acids is 1. The number of hydrogen-bond donors (Lipinski definition) is 1. The van der Waals surface area contributed by atoms with Crippen LogP contribution in [0.4, 0.5) is 0 Å². The van der Waals surface area contributed by atoms with E-state index in [1.807, 2.05) is 18.2 Å². The molecule has 1 N–H and O–H groups in total. The van der Waals surface area contributed by atoms with E-state index < -0.39 is 5.97 Å². The van der Waals surface area contributed by atoms with E-state index >= 15 is 0 Å². The fourth-order valence-corrected chi connectivity index (χ4v) is 0.920. The van der Waals surface area contributed by atoms with Gasteiger partial charge in [0, 0.05) is 18.3 Å². The van der Waals surface area contributed by atoms with E-state index in [4.69, 9.17) is 5.11 Å². The minimum absolute atomic E-state index is 0.361. The molecule has 3 heteroatoms. The topological polar surface area (TPSA) is 50.2 Å². The Labute approximate surface area is 71.1 Å². The van der Waals surface area contributed by atoms with E-state index in [9.17, 15) is 4.79 Å². The average Bonchev–Trinajstić information content (AvgIpc) is 2.06. The summed E-state index contributed by atoms with van der Waals surface area (Å²) in [6, 6.07) is 5.51. The van der Waals surface area contributed by atoms with E-state index in [0.29, 0.717) is 6.42 Å². The molecule has 0 aromatic carbocycles. The summed E-state index contributed by atoms with van der Waals surface area (Å²) in [5.41, 5.74) is 0.826. The zero-order chi connectivity index (χ0) is 8.97. The van der Waals surface area contributed by atoms with Crippen LogP contribution >= 0.6 is 0 Å². The third-order valence-electron chi connectivity index (χ3n) is 1.66. The second-order valence-corrected chi connectivity index (χ2v) is 2.76. The van der Waals surface area contributed by atoms with Crippen LogP contribution in [0.1, 0.15) is 12.6 Å². The number of nitrogens with zero attached hydrogens (tertiary/aromatic N) is 1. The monoisotopic (exact) mass is 165 g/mol. The van der Waals surface area contributed by atoms with Crippen LogP contribution in [0.2, 0.25) is 0 Å². The van der Waals surface area contributed by atoms with Gasteiger partial charge in [0.05, 0.1) is 5.92 Å². The van der Waals surface area contributed by atoms with E-state index in [1.165, 1.54) is 0 Å². The lowest BCUT2D eigenvalue weighted by Gasteiger charge is -2.03. The van der Waals surface area contributed by atoms with Crippen LogP contribution in [0.3, 0.4) is 0 Å². The molecule has 0 aliphatic heterocycles. The molecule has 12 heavy (non-hydrogen) atoms. The van der Waals surface area contributed by atoms with E-state index in [-0.39, 0.29) is 5.92 Å². The quantitative estimate of drug-likeness (QED) is 0.735. The van der Waals surface area contributed by atoms with Crippen molar-refractivity contribution in [2.24, 2.45) is 5.92 Å². The summed E-state index contributed by atoms with van der Waals surface area (Å²) in [5.74, 6) is -1.14. The third kappa shape index (κ3) is 2.34. The largest absolute Gasteiger partial charge is 0.481 e. The highest BCUT2D eigenvalue weighted by Crippen LogP contribution is 2.04. The summed E-state index contributed by atoms with van der Waals surface area (Å²) in [7, 11) is 0. The lowest BCUT2D eigenvalue weighted by atomic mass is 10.1. The van der Waals surface area contributed by atoms with Gasteiger partial charge < -0.3 is 5.11 Å². The zero-order valence-electron chi connectivity index (χ0n) is 6.90. The predicted octanol–water partition coefficient (Wildman–Crippen LogP) is 1.34. The highest BCUT2D eigenvalue weighted by atomic mass is 16.4. The van der Waals surface area contributed by atoms with Crippen LogP contribution in [0.25, 0.3) is 0 Å². The first-order chi connectivity index (χ1) is 5.70. The predicted molar refractivity (Wildman–Crippen MR) is 44.7 cm³/mol. The standard InChI is InChI=1S/C9H11NO2/c1-7(9(11)12)6-8-4-2-3-5-10-8/h2-5,7H,6H2,1H3,(H,11,12)/t7-/m0/s1. The summed E-state index contributed by atoms with van der Waals surface area (Å²) in [5, 5.41) is 8.62. The number of rotatable bonds is 3. The Kier molecular flexibility index (Phi) is 2.80. The molecule has 0 aliphatic rings. The first kappa shape index (κ1) is 8.71. The van der Waals surface area contributed by atoms with Gasteiger partial charge in [0.25, 0.3) is 0 Å². The molecule has 1 aromatic heterocycles. The number of pyridine rings is 1. The highest BCUT2D eigenvalue weighted by Gasteiger charge is 2.11. The van der Waals surface area contributed by atoms with Crippen molar-refractivity contribution in [3.05, 3.63) is 30.1 Å². The van der Waals surface area contributed by atoms with Gasteiger partial charge in [-0.25, -0.2) is 0 Å². The molecule has 0 amide bonds. The smallest absolute Gasteiger partial charge is 0.306 e. The SMILES string of the molecule is C[C@@H](Cc1ccccn1)C(=O)O. The number of hydrogen-bond acceptors (Lipinski definition) is 2. The van der Waals surface area contributed by atoms with Crippen molar-refractivity contribution >= 4 is 5.97 Å². The maximum absolute atomic E-state index is 10.5. The number of carbonyl (C=O) groups is 1. The van der Waals surface area contributed by atoms with Gasteiger partial charge in [-0.3, -0.25) is 9.78 Å². The van der Waals surface area contributed by atoms with Gasteiger partial charge in [0.2, 0.25) is 0 Å². The van der Waals surface area contributed by atoms with Crippen LogP contribution in [0.5, 0.6) is 0 Å². The van der Waals surface area contributed by atoms with E-state index in [1.54, 1.807) is 13.1 Å². The molecule has 0 fully saturated rings. The molecule has 3 nitrogen and oxygen atoms in total. The fraction of sp³-hybridized carbons (Fsp3) is 0.333. The fourth-order valence-electron chi connectivity index (χ4n) is 0.920. The van der Waals surface area contributed by atoms with Gasteiger partial charge in [0.1, 0.15) is 0 Å². The maximum atomic E-state index is 10.5. The Morgan fingerprint density at radius 1 is 1.67 bits per heavy atom. The van der Waals surface area contributed by atoms with Gasteiger partial charge in [-0.1, -0.05) is 13.0 Å². The minimum atomic E-state index is -0.777. The average molecular weight is 165 g/mol. The van der Waals surface area contributed by atoms with Crippen LogP contribution < -0.4 is 0 Å². The molecular weight excluding hydrogens is 154 g/mol. The molecule has 0 aliphatic carbocycles. The van der Waals surface area contributed by atoms with E-state index in [0.717, 1.165) is 5.69 Å². The molecule has 0 radical (unpaired) electrons. The van der Waals surface area contributed by atoms with Crippen molar-refractivity contribution in [2.45, 2.75) is 13.3 Å². The van der Waals surface area contributed by atoms with Crippen molar-refractivity contribution in [1.82, 2.24) is 4.98 Å². The molecule has 0 saturated carbocycles. The summed E-state index contributed by atoms with van der Waals surface area (Å²) >= 11 is 0. The van der Waals surface area contributed by atoms with Gasteiger partial charge in [-0.15, -0.1) is 0 Å². The first-order valence-electron chi connectivity index (χ1n) is 3.83. The molecule has 0 saturated heterocycles. The lowest BCUT2D eigenvalue weighted by Crippen LogP contribution is -2.12. The number of aliphatic carboxylic acids is 1. The normalized spacial score (nSPS) is 12.4. The molecule has 0 spiro atoms. The summed E-state index contributed by atoms with van der Waals surface area (Å²) in [6.07, 6.45) is 2.17. The summed E-state index contributed by atoms with van der Waals surface area (Å²) in [6.45, 7) is 1.68. The number of aromatic nitrogens is 1. The Hall–Kier alpha value is -1.38. The summed E-state index contributed by atoms with van der Waals surface area (Å²) < 4.78 is 0. The number of carboxylic acid groups (broad SMARTS) is 1. The van der Waals surface area contributed by atoms with Crippen molar-refractivity contribution < 1.29 is 9.90 Å². The van der Waals surface area contributed by atoms with Gasteiger partial charge in [-0.2, -0.15) is 0 Å². The second-order valence-electron chi connectivity index (χ2n) is 2.76.